The van der Waals surface area contributed by atoms with Crippen LogP contribution in [0.4, 0.5) is 10.5 Å². The zero-order chi connectivity index (χ0) is 42.2. The van der Waals surface area contributed by atoms with Gasteiger partial charge in [0.15, 0.2) is 5.72 Å². The number of benzene rings is 1. The molecule has 17 heteroatoms. The Morgan fingerprint density at radius 3 is 2.60 bits per heavy atom. The lowest BCUT2D eigenvalue weighted by Crippen LogP contribution is -2.63. The van der Waals surface area contributed by atoms with Gasteiger partial charge in [0.1, 0.15) is 40.7 Å². The zero-order valence-electron chi connectivity index (χ0n) is 33.9. The Morgan fingerprint density at radius 1 is 1.21 bits per heavy atom. The van der Waals surface area contributed by atoms with Gasteiger partial charge in [-0.15, -0.1) is 0 Å². The van der Waals surface area contributed by atoms with Crippen LogP contribution in [0.2, 0.25) is 5.02 Å². The number of halogens is 2. The summed E-state index contributed by atoms with van der Waals surface area (Å²) in [6.45, 7) is 7.47. The highest BCUT2D eigenvalue weighted by atomic mass is 79.9. The maximum absolute atomic E-state index is 14.2. The normalized spacial score (nSPS) is 29.7. The van der Waals surface area contributed by atoms with Crippen molar-refractivity contribution in [2.24, 2.45) is 5.92 Å². The Hall–Kier alpha value is -3.70. The van der Waals surface area contributed by atoms with Crippen LogP contribution < -0.4 is 20.3 Å². The van der Waals surface area contributed by atoms with Crippen molar-refractivity contribution in [3.05, 3.63) is 46.5 Å². The minimum absolute atomic E-state index is 0.0624. The summed E-state index contributed by atoms with van der Waals surface area (Å²) in [5.74, 6) is -1.74. The Bertz CT molecular complexity index is 1730. The lowest BCUT2D eigenvalue weighted by atomic mass is 9.83. The van der Waals surface area contributed by atoms with Crippen LogP contribution in [0, 0.1) is 5.92 Å². The van der Waals surface area contributed by atoms with E-state index in [1.165, 1.54) is 31.1 Å². The number of anilines is 1. The van der Waals surface area contributed by atoms with Crippen LogP contribution >= 0.6 is 27.5 Å². The Balaban J connectivity index is 1.63. The number of carbonyl (C=O) groups is 5. The molecule has 3 aliphatic rings. The van der Waals surface area contributed by atoms with E-state index in [4.69, 9.17) is 35.3 Å². The molecular weight excluding hydrogens is 828 g/mol. The molecule has 1 aromatic carbocycles. The number of hydrogen-bond acceptors (Lipinski definition) is 11. The lowest BCUT2D eigenvalue weighted by molar-refractivity contribution is -0.162. The first-order valence-electron chi connectivity index (χ1n) is 19.1. The van der Waals surface area contributed by atoms with E-state index in [1.54, 1.807) is 52.1 Å². The van der Waals surface area contributed by atoms with Crippen molar-refractivity contribution in [1.82, 2.24) is 15.5 Å². The number of amides is 4. The highest BCUT2D eigenvalue weighted by Gasteiger charge is 2.64. The molecule has 0 aliphatic carbocycles. The standard InChI is InChI=1S/C40H56BrClN4O11/c1-23-13-12-14-30(54-8)40(52)21-29(55-38(51)44-40)24(2)36-39(4,57-36)31(20-34(49)46(6)27-18-26(17-23)19-28(53-7)35(27)42)56-37(50)25(3)45(5)33(48)15-10-9-11-16-43-32(47)22-41/h12-14,18-19,24-25,29-31,36,52H,9-11,15-17,20-22H2,1-8H3,(H,43,47)(H,44,51)/b14-12+,23-13+/t24-,25+,29?,30-,31+,36?,39?,40+/m1/s1. The molecule has 4 rings (SSSR count). The van der Waals surface area contributed by atoms with Crippen molar-refractivity contribution in [2.75, 3.05) is 45.1 Å². The van der Waals surface area contributed by atoms with Gasteiger partial charge in [0, 0.05) is 46.5 Å². The molecule has 2 fully saturated rings. The largest absolute Gasteiger partial charge is 0.495 e. The third-order valence-electron chi connectivity index (χ3n) is 11.0. The van der Waals surface area contributed by atoms with Crippen LogP contribution in [0.3, 0.4) is 0 Å². The van der Waals surface area contributed by atoms with Crippen LogP contribution in [-0.2, 0) is 44.5 Å². The molecule has 0 radical (unpaired) electrons. The summed E-state index contributed by atoms with van der Waals surface area (Å²) in [5.41, 5.74) is -0.977. The lowest BCUT2D eigenvalue weighted by Gasteiger charge is -2.42. The smallest absolute Gasteiger partial charge is 0.409 e. The molecule has 1 aromatic rings. The molecule has 4 bridgehead atoms. The molecule has 57 heavy (non-hydrogen) atoms. The van der Waals surface area contributed by atoms with E-state index in [2.05, 4.69) is 26.6 Å². The number of methoxy groups -OCH3 is 2. The number of carbonyl (C=O) groups excluding carboxylic acids is 5. The topological polar surface area (TPSA) is 186 Å². The molecular formula is C40H56BrClN4O11. The van der Waals surface area contributed by atoms with Crippen molar-refractivity contribution < 1.29 is 52.8 Å². The second-order valence-corrected chi connectivity index (χ2v) is 16.1. The SMILES string of the molecule is COc1cc2cc(c1Cl)N(C)C(=O)C[C@H](OC(=O)[C@H](C)N(C)C(=O)CCCCCNC(=O)CBr)C1(C)OC1[C@H](C)C1C[C@@](O)(NC(=O)O1)[C@H](OC)/C=C/C=C(\C)C2. The summed E-state index contributed by atoms with van der Waals surface area (Å²) in [7, 11) is 6.00. The minimum atomic E-state index is -1.84. The van der Waals surface area contributed by atoms with E-state index in [0.29, 0.717) is 43.7 Å². The van der Waals surface area contributed by atoms with Crippen molar-refractivity contribution in [3.63, 3.8) is 0 Å². The molecule has 3 aliphatic heterocycles. The second-order valence-electron chi connectivity index (χ2n) is 15.2. The summed E-state index contributed by atoms with van der Waals surface area (Å²) >= 11 is 9.87. The molecule has 3 heterocycles. The average molecular weight is 884 g/mol. The summed E-state index contributed by atoms with van der Waals surface area (Å²) in [5, 5.41) is 17.5. The predicted molar refractivity (Wildman–Crippen MR) is 216 cm³/mol. The second kappa shape index (κ2) is 19.8. The van der Waals surface area contributed by atoms with Crippen LogP contribution in [0.1, 0.15) is 71.8 Å². The van der Waals surface area contributed by atoms with Gasteiger partial charge < -0.3 is 43.9 Å². The van der Waals surface area contributed by atoms with E-state index in [-0.39, 0.29) is 41.4 Å². The molecule has 3 N–H and O–H groups in total. The first kappa shape index (κ1) is 46.0. The molecule has 8 atom stereocenters. The Morgan fingerprint density at radius 2 is 1.93 bits per heavy atom. The van der Waals surface area contributed by atoms with Gasteiger partial charge in [0.2, 0.25) is 17.7 Å². The molecule has 3 unspecified atom stereocenters. The van der Waals surface area contributed by atoms with Gasteiger partial charge in [0.25, 0.3) is 0 Å². The molecule has 2 saturated heterocycles. The maximum atomic E-state index is 14.2. The number of nitrogens with zero attached hydrogens (tertiary/aromatic N) is 2. The fraction of sp³-hybridized carbons (Fsp3) is 0.625. The van der Waals surface area contributed by atoms with Crippen LogP contribution in [0.15, 0.2) is 35.9 Å². The monoisotopic (exact) mass is 882 g/mol. The number of allylic oxidation sites excluding steroid dienone is 3. The highest BCUT2D eigenvalue weighted by Crippen LogP contribution is 2.49. The van der Waals surface area contributed by atoms with E-state index < -0.39 is 65.7 Å². The molecule has 316 valence electrons. The number of epoxide rings is 1. The van der Waals surface area contributed by atoms with Crippen molar-refractivity contribution in [3.8, 4) is 5.75 Å². The molecule has 0 saturated carbocycles. The van der Waals surface area contributed by atoms with Crippen LogP contribution in [-0.4, -0.2) is 122 Å². The summed E-state index contributed by atoms with van der Waals surface area (Å²) in [6.07, 6.45) is 2.97. The van der Waals surface area contributed by atoms with Gasteiger partial charge in [-0.1, -0.05) is 64.7 Å². The summed E-state index contributed by atoms with van der Waals surface area (Å²) < 4.78 is 29.3. The number of esters is 1. The van der Waals surface area contributed by atoms with Gasteiger partial charge in [-0.25, -0.2) is 9.59 Å². The fourth-order valence-corrected chi connectivity index (χ4v) is 7.76. The van der Waals surface area contributed by atoms with E-state index in [0.717, 1.165) is 11.1 Å². The fourth-order valence-electron chi connectivity index (χ4n) is 7.25. The number of unbranched alkanes of at least 4 members (excludes halogenated alkanes) is 2. The quantitative estimate of drug-likeness (QED) is 0.116. The van der Waals surface area contributed by atoms with Gasteiger partial charge in [-0.2, -0.15) is 0 Å². The molecule has 0 spiro atoms. The van der Waals surface area contributed by atoms with Crippen molar-refractivity contribution >= 4 is 63.0 Å². The Labute approximate surface area is 347 Å². The predicted octanol–water partition coefficient (Wildman–Crippen LogP) is 4.59. The first-order valence-corrected chi connectivity index (χ1v) is 20.6. The third kappa shape index (κ3) is 11.3. The van der Waals surface area contributed by atoms with Gasteiger partial charge in [0.05, 0.1) is 30.7 Å². The number of alkyl halides is 1. The van der Waals surface area contributed by atoms with Crippen molar-refractivity contribution in [1.29, 1.82) is 0 Å². The van der Waals surface area contributed by atoms with E-state index >= 15 is 0 Å². The molecule has 15 nitrogen and oxygen atoms in total. The summed E-state index contributed by atoms with van der Waals surface area (Å²) in [4.78, 5) is 68.1. The van der Waals surface area contributed by atoms with Crippen molar-refractivity contribution in [2.45, 2.75) is 114 Å². The minimum Gasteiger partial charge on any atom is -0.495 e. The van der Waals surface area contributed by atoms with E-state index in [1.807, 2.05) is 13.0 Å². The van der Waals surface area contributed by atoms with Gasteiger partial charge in [-0.05, 0) is 57.7 Å². The number of fused-ring (bicyclic) bond motifs is 5. The Kier molecular flexibility index (Phi) is 16.0. The average Bonchev–Trinajstić information content (AvgIpc) is 3.87. The van der Waals surface area contributed by atoms with Crippen LogP contribution in [0.5, 0.6) is 5.75 Å². The number of aliphatic hydroxyl groups is 1. The number of likely N-dealkylation sites (N-methyl/N-ethyl adjacent to an activating group) is 1. The molecule has 4 amide bonds. The maximum Gasteiger partial charge on any atom is 0.409 e. The summed E-state index contributed by atoms with van der Waals surface area (Å²) in [6, 6.07) is 2.56. The number of nitrogens with one attached hydrogen (secondary N) is 2. The van der Waals surface area contributed by atoms with Crippen LogP contribution in [0.25, 0.3) is 0 Å². The number of rotatable bonds is 12. The highest BCUT2D eigenvalue weighted by molar-refractivity contribution is 9.09. The first-order chi connectivity index (χ1) is 26.9. The molecule has 0 aromatic heterocycles. The van der Waals surface area contributed by atoms with E-state index in [9.17, 15) is 29.1 Å². The number of hydrogen-bond donors (Lipinski definition) is 3. The van der Waals surface area contributed by atoms with Gasteiger partial charge >= 0.3 is 12.1 Å². The number of alkyl carbamates (subject to hydrolysis) is 1. The zero-order valence-corrected chi connectivity index (χ0v) is 36.2. The number of ether oxygens (including phenoxy) is 5. The third-order valence-corrected chi connectivity index (χ3v) is 11.9. The van der Waals surface area contributed by atoms with Gasteiger partial charge in [-0.3, -0.25) is 19.7 Å².